The molecule has 0 aromatic heterocycles. The van der Waals surface area contributed by atoms with Crippen LogP contribution in [-0.4, -0.2) is 52.0 Å². The molecule has 34 heavy (non-hydrogen) atoms. The summed E-state index contributed by atoms with van der Waals surface area (Å²) in [5.41, 5.74) is 1.23. The van der Waals surface area contributed by atoms with Gasteiger partial charge in [0.1, 0.15) is 11.5 Å². The number of morpholine rings is 1. The van der Waals surface area contributed by atoms with Crippen molar-refractivity contribution in [1.82, 2.24) is 4.31 Å². The zero-order valence-corrected chi connectivity index (χ0v) is 19.5. The van der Waals surface area contributed by atoms with Gasteiger partial charge in [0.05, 0.1) is 25.2 Å². The predicted molar refractivity (Wildman–Crippen MR) is 127 cm³/mol. The van der Waals surface area contributed by atoms with Crippen molar-refractivity contribution < 1.29 is 27.4 Å². The SMILES string of the molecule is COc1cccc(NC(=O)C(Oc2ccc(S(=O)(=O)N3CCOCC3)cc2)c2ccccc2)c1. The first-order chi connectivity index (χ1) is 16.5. The summed E-state index contributed by atoms with van der Waals surface area (Å²) in [4.78, 5) is 13.3. The molecule has 1 aliphatic rings. The van der Waals surface area contributed by atoms with Gasteiger partial charge < -0.3 is 19.5 Å². The third-order valence-electron chi connectivity index (χ3n) is 5.36. The van der Waals surface area contributed by atoms with E-state index in [-0.39, 0.29) is 10.8 Å². The van der Waals surface area contributed by atoms with Crippen LogP contribution < -0.4 is 14.8 Å². The highest BCUT2D eigenvalue weighted by molar-refractivity contribution is 7.89. The molecule has 0 radical (unpaired) electrons. The van der Waals surface area contributed by atoms with Crippen LogP contribution >= 0.6 is 0 Å². The molecule has 0 spiro atoms. The van der Waals surface area contributed by atoms with Crippen LogP contribution in [0.3, 0.4) is 0 Å². The lowest BCUT2D eigenvalue weighted by molar-refractivity contribution is -0.123. The smallest absolute Gasteiger partial charge is 0.270 e. The van der Waals surface area contributed by atoms with Crippen LogP contribution in [0.1, 0.15) is 11.7 Å². The fourth-order valence-electron chi connectivity index (χ4n) is 3.57. The number of anilines is 1. The molecule has 1 saturated heterocycles. The molecule has 1 unspecified atom stereocenters. The van der Waals surface area contributed by atoms with Crippen molar-refractivity contribution in [2.24, 2.45) is 0 Å². The van der Waals surface area contributed by atoms with Gasteiger partial charge in [0.15, 0.2) is 0 Å². The van der Waals surface area contributed by atoms with Crippen LogP contribution in [0.15, 0.2) is 83.8 Å². The lowest BCUT2D eigenvalue weighted by Gasteiger charge is -2.26. The molecule has 1 aliphatic heterocycles. The Morgan fingerprint density at radius 2 is 1.65 bits per heavy atom. The largest absolute Gasteiger partial charge is 0.497 e. The van der Waals surface area contributed by atoms with E-state index in [1.807, 2.05) is 18.2 Å². The summed E-state index contributed by atoms with van der Waals surface area (Å²) in [7, 11) is -2.06. The number of hydrogen-bond acceptors (Lipinski definition) is 6. The Hall–Kier alpha value is -3.40. The Labute approximate surface area is 199 Å². The van der Waals surface area contributed by atoms with E-state index in [2.05, 4.69) is 5.32 Å². The average Bonchev–Trinajstić information content (AvgIpc) is 2.88. The first-order valence-electron chi connectivity index (χ1n) is 10.8. The normalized spacial score (nSPS) is 15.3. The van der Waals surface area contributed by atoms with E-state index in [0.29, 0.717) is 49.1 Å². The molecule has 1 amide bonds. The number of methoxy groups -OCH3 is 1. The number of benzene rings is 3. The number of carbonyl (C=O) groups excluding carboxylic acids is 1. The maximum atomic E-state index is 13.2. The third kappa shape index (κ3) is 5.56. The standard InChI is InChI=1S/C25H26N2O6S/c1-31-22-9-5-8-20(18-22)26-25(28)24(19-6-3-2-4-7-19)33-21-10-12-23(13-11-21)34(29,30)27-14-16-32-17-15-27/h2-13,18,24H,14-17H2,1H3,(H,26,28). The van der Waals surface area contributed by atoms with Crippen molar-refractivity contribution in [2.75, 3.05) is 38.7 Å². The Kier molecular flexibility index (Phi) is 7.46. The number of hydrogen-bond donors (Lipinski definition) is 1. The monoisotopic (exact) mass is 482 g/mol. The number of nitrogens with one attached hydrogen (secondary N) is 1. The number of ether oxygens (including phenoxy) is 3. The second-order valence-corrected chi connectivity index (χ2v) is 9.56. The van der Waals surface area contributed by atoms with Gasteiger partial charge in [0.25, 0.3) is 5.91 Å². The van der Waals surface area contributed by atoms with Crippen LogP contribution in [0.4, 0.5) is 5.69 Å². The van der Waals surface area contributed by atoms with Crippen molar-refractivity contribution in [2.45, 2.75) is 11.0 Å². The van der Waals surface area contributed by atoms with Gasteiger partial charge in [-0.1, -0.05) is 36.4 Å². The minimum Gasteiger partial charge on any atom is -0.497 e. The van der Waals surface area contributed by atoms with Gasteiger partial charge in [0, 0.05) is 30.4 Å². The molecule has 8 nitrogen and oxygen atoms in total. The van der Waals surface area contributed by atoms with Gasteiger partial charge in [0.2, 0.25) is 16.1 Å². The highest BCUT2D eigenvalue weighted by atomic mass is 32.2. The number of carbonyl (C=O) groups is 1. The van der Waals surface area contributed by atoms with Crippen molar-refractivity contribution >= 4 is 21.6 Å². The molecule has 1 fully saturated rings. The van der Waals surface area contributed by atoms with E-state index in [1.165, 1.54) is 16.4 Å². The van der Waals surface area contributed by atoms with Gasteiger partial charge in [-0.05, 0) is 36.4 Å². The Morgan fingerprint density at radius 3 is 2.32 bits per heavy atom. The molecule has 1 heterocycles. The van der Waals surface area contributed by atoms with E-state index in [9.17, 15) is 13.2 Å². The van der Waals surface area contributed by atoms with Crippen molar-refractivity contribution in [3.8, 4) is 11.5 Å². The molecular weight excluding hydrogens is 456 g/mol. The third-order valence-corrected chi connectivity index (χ3v) is 7.28. The number of nitrogens with zero attached hydrogens (tertiary/aromatic N) is 1. The molecule has 0 saturated carbocycles. The summed E-state index contributed by atoms with van der Waals surface area (Å²) in [6.07, 6.45) is -0.950. The first kappa shape index (κ1) is 23.7. The summed E-state index contributed by atoms with van der Waals surface area (Å²) in [6.45, 7) is 1.39. The molecular formula is C25H26N2O6S. The quantitative estimate of drug-likeness (QED) is 0.528. The zero-order valence-electron chi connectivity index (χ0n) is 18.7. The summed E-state index contributed by atoms with van der Waals surface area (Å²) < 4.78 is 43.6. The molecule has 1 atom stereocenters. The number of sulfonamides is 1. The highest BCUT2D eigenvalue weighted by Crippen LogP contribution is 2.27. The lowest BCUT2D eigenvalue weighted by Crippen LogP contribution is -2.40. The van der Waals surface area contributed by atoms with Crippen molar-refractivity contribution in [3.63, 3.8) is 0 Å². The maximum absolute atomic E-state index is 13.2. The van der Waals surface area contributed by atoms with E-state index >= 15 is 0 Å². The molecule has 3 aromatic rings. The minimum absolute atomic E-state index is 0.166. The Morgan fingerprint density at radius 1 is 0.941 bits per heavy atom. The summed E-state index contributed by atoms with van der Waals surface area (Å²) in [6, 6.07) is 22.2. The van der Waals surface area contributed by atoms with Crippen LogP contribution in [0.2, 0.25) is 0 Å². The molecule has 9 heteroatoms. The predicted octanol–water partition coefficient (Wildman–Crippen LogP) is 3.47. The molecule has 1 N–H and O–H groups in total. The van der Waals surface area contributed by atoms with E-state index in [1.54, 1.807) is 55.6 Å². The summed E-state index contributed by atoms with van der Waals surface area (Å²) in [5.74, 6) is 0.618. The van der Waals surface area contributed by atoms with Crippen LogP contribution in [0, 0.1) is 0 Å². The van der Waals surface area contributed by atoms with Crippen molar-refractivity contribution in [3.05, 3.63) is 84.4 Å². The van der Waals surface area contributed by atoms with Crippen LogP contribution in [-0.2, 0) is 19.6 Å². The van der Waals surface area contributed by atoms with E-state index < -0.39 is 16.1 Å². The first-order valence-corrected chi connectivity index (χ1v) is 12.3. The lowest BCUT2D eigenvalue weighted by atomic mass is 10.1. The van der Waals surface area contributed by atoms with Crippen LogP contribution in [0.25, 0.3) is 0 Å². The van der Waals surface area contributed by atoms with Crippen LogP contribution in [0.5, 0.6) is 11.5 Å². The second-order valence-electron chi connectivity index (χ2n) is 7.62. The zero-order chi connectivity index (χ0) is 24.0. The van der Waals surface area contributed by atoms with Gasteiger partial charge in [-0.2, -0.15) is 4.31 Å². The fourth-order valence-corrected chi connectivity index (χ4v) is 4.98. The molecule has 0 aliphatic carbocycles. The Balaban J connectivity index is 1.54. The highest BCUT2D eigenvalue weighted by Gasteiger charge is 2.27. The summed E-state index contributed by atoms with van der Waals surface area (Å²) in [5, 5.41) is 2.86. The fraction of sp³-hybridized carbons (Fsp3) is 0.240. The molecule has 3 aromatic carbocycles. The van der Waals surface area contributed by atoms with E-state index in [0.717, 1.165) is 0 Å². The average molecular weight is 483 g/mol. The van der Waals surface area contributed by atoms with E-state index in [4.69, 9.17) is 14.2 Å². The molecule has 0 bridgehead atoms. The minimum atomic E-state index is -3.62. The summed E-state index contributed by atoms with van der Waals surface area (Å²) >= 11 is 0. The van der Waals surface area contributed by atoms with Gasteiger partial charge in [-0.25, -0.2) is 8.42 Å². The molecule has 178 valence electrons. The van der Waals surface area contributed by atoms with Gasteiger partial charge in [-0.15, -0.1) is 0 Å². The maximum Gasteiger partial charge on any atom is 0.270 e. The number of amides is 1. The van der Waals surface area contributed by atoms with Gasteiger partial charge >= 0.3 is 0 Å². The number of rotatable bonds is 8. The Bertz CT molecular complexity index is 1210. The van der Waals surface area contributed by atoms with Crippen molar-refractivity contribution in [1.29, 1.82) is 0 Å². The topological polar surface area (TPSA) is 94.2 Å². The molecule has 4 rings (SSSR count). The second kappa shape index (κ2) is 10.7. The van der Waals surface area contributed by atoms with Gasteiger partial charge in [-0.3, -0.25) is 4.79 Å².